The smallest absolute Gasteiger partial charge is 0.279 e. The molecule has 0 bridgehead atoms. The van der Waals surface area contributed by atoms with Crippen molar-refractivity contribution in [1.29, 1.82) is 0 Å². The Kier molecular flexibility index (Phi) is 5.55. The molecule has 0 fully saturated rings. The Balaban J connectivity index is 2.75. The van der Waals surface area contributed by atoms with Crippen molar-refractivity contribution in [3.63, 3.8) is 0 Å². The van der Waals surface area contributed by atoms with E-state index in [2.05, 4.69) is 4.72 Å². The summed E-state index contributed by atoms with van der Waals surface area (Å²) < 4.78 is 32.0. The summed E-state index contributed by atoms with van der Waals surface area (Å²) >= 11 is 5.88. The van der Waals surface area contributed by atoms with Gasteiger partial charge in [-0.05, 0) is 17.7 Å². The third-order valence-corrected chi connectivity index (χ3v) is 4.16. The zero-order chi connectivity index (χ0) is 13.8. The molecule has 0 aliphatic heterocycles. The maximum Gasteiger partial charge on any atom is 0.279 e. The second kappa shape index (κ2) is 6.49. The lowest BCUT2D eigenvalue weighted by molar-refractivity contribution is 0.107. The highest BCUT2D eigenvalue weighted by Crippen LogP contribution is 2.19. The highest BCUT2D eigenvalue weighted by Gasteiger charge is 2.17. The number of benzene rings is 1. The lowest BCUT2D eigenvalue weighted by Crippen LogP contribution is -2.38. The highest BCUT2D eigenvalue weighted by molar-refractivity contribution is 7.87. The Labute approximate surface area is 113 Å². The van der Waals surface area contributed by atoms with Crippen LogP contribution in [0.5, 0.6) is 0 Å². The van der Waals surface area contributed by atoms with Crippen molar-refractivity contribution in [3.8, 4) is 0 Å². The van der Waals surface area contributed by atoms with Gasteiger partial charge in [0.15, 0.2) is 0 Å². The fourth-order valence-corrected chi connectivity index (χ4v) is 2.17. The maximum atomic E-state index is 11.6. The van der Waals surface area contributed by atoms with Gasteiger partial charge < -0.3 is 4.74 Å². The molecule has 0 saturated carbocycles. The Morgan fingerprint density at radius 1 is 1.44 bits per heavy atom. The number of halogens is 1. The summed E-state index contributed by atoms with van der Waals surface area (Å²) in [5, 5.41) is 0.588. The average molecular weight is 293 g/mol. The van der Waals surface area contributed by atoms with Gasteiger partial charge in [-0.15, -0.1) is 0 Å². The molecule has 0 aromatic heterocycles. The molecule has 0 amide bonds. The summed E-state index contributed by atoms with van der Waals surface area (Å²) in [6.45, 7) is 0.150. The van der Waals surface area contributed by atoms with Crippen LogP contribution in [0.1, 0.15) is 11.7 Å². The first-order chi connectivity index (χ1) is 8.36. The number of hydrogen-bond donors (Lipinski definition) is 1. The van der Waals surface area contributed by atoms with Gasteiger partial charge in [0, 0.05) is 32.8 Å². The molecular formula is C11H17ClN2O3S. The van der Waals surface area contributed by atoms with E-state index in [1.165, 1.54) is 21.2 Å². The topological polar surface area (TPSA) is 58.6 Å². The van der Waals surface area contributed by atoms with Crippen LogP contribution in [0, 0.1) is 0 Å². The van der Waals surface area contributed by atoms with Crippen molar-refractivity contribution >= 4 is 21.8 Å². The van der Waals surface area contributed by atoms with Crippen LogP contribution in [0.2, 0.25) is 5.02 Å². The van der Waals surface area contributed by atoms with E-state index in [9.17, 15) is 8.42 Å². The Morgan fingerprint density at radius 3 is 2.61 bits per heavy atom. The van der Waals surface area contributed by atoms with Crippen LogP contribution in [0.25, 0.3) is 0 Å². The number of nitrogens with one attached hydrogen (secondary N) is 1. The third kappa shape index (κ3) is 4.22. The molecule has 0 aliphatic rings. The van der Waals surface area contributed by atoms with Gasteiger partial charge in [0.2, 0.25) is 0 Å². The van der Waals surface area contributed by atoms with Gasteiger partial charge in [-0.1, -0.05) is 23.7 Å². The lowest BCUT2D eigenvalue weighted by atomic mass is 10.1. The predicted molar refractivity (Wildman–Crippen MR) is 71.8 cm³/mol. The molecule has 5 nitrogen and oxygen atoms in total. The predicted octanol–water partition coefficient (Wildman–Crippen LogP) is 1.42. The summed E-state index contributed by atoms with van der Waals surface area (Å²) in [7, 11) is 0.996. The Morgan fingerprint density at radius 2 is 2.11 bits per heavy atom. The van der Waals surface area contributed by atoms with Gasteiger partial charge in [0.05, 0.1) is 6.10 Å². The normalized spacial score (nSPS) is 13.8. The quantitative estimate of drug-likeness (QED) is 0.863. The van der Waals surface area contributed by atoms with E-state index >= 15 is 0 Å². The molecule has 0 aliphatic carbocycles. The highest BCUT2D eigenvalue weighted by atomic mass is 35.5. The second-order valence-corrected chi connectivity index (χ2v) is 6.32. The molecule has 18 heavy (non-hydrogen) atoms. The van der Waals surface area contributed by atoms with E-state index in [4.69, 9.17) is 16.3 Å². The van der Waals surface area contributed by atoms with Crippen molar-refractivity contribution in [1.82, 2.24) is 9.03 Å². The summed E-state index contributed by atoms with van der Waals surface area (Å²) in [4.78, 5) is 0. The van der Waals surface area contributed by atoms with Crippen LogP contribution < -0.4 is 4.72 Å². The molecule has 1 aromatic rings. The van der Waals surface area contributed by atoms with Crippen molar-refractivity contribution in [2.45, 2.75) is 6.10 Å². The van der Waals surface area contributed by atoms with Crippen molar-refractivity contribution in [2.24, 2.45) is 0 Å². The van der Waals surface area contributed by atoms with Gasteiger partial charge in [0.25, 0.3) is 10.2 Å². The Hall–Kier alpha value is -0.660. The number of methoxy groups -OCH3 is 1. The lowest BCUT2D eigenvalue weighted by Gasteiger charge is -2.18. The first kappa shape index (κ1) is 15.4. The monoisotopic (exact) mass is 292 g/mol. The van der Waals surface area contributed by atoms with Gasteiger partial charge in [0.1, 0.15) is 0 Å². The van der Waals surface area contributed by atoms with Crippen LogP contribution in [0.4, 0.5) is 0 Å². The second-order valence-electron chi connectivity index (χ2n) is 3.92. The Bertz CT molecular complexity index is 491. The molecule has 102 valence electrons. The standard InChI is InChI=1S/C11H17ClN2O3S/c1-14(2)18(15,16)13-8-11(17-3)9-5-4-6-10(12)7-9/h4-7,11,13H,8H2,1-3H3/t11-/m0/s1. The van der Waals surface area contributed by atoms with E-state index < -0.39 is 10.2 Å². The molecule has 1 N–H and O–H groups in total. The van der Waals surface area contributed by atoms with E-state index in [-0.39, 0.29) is 12.6 Å². The fraction of sp³-hybridized carbons (Fsp3) is 0.455. The van der Waals surface area contributed by atoms with E-state index in [1.807, 2.05) is 6.07 Å². The minimum Gasteiger partial charge on any atom is -0.375 e. The summed E-state index contributed by atoms with van der Waals surface area (Å²) in [5.74, 6) is 0. The molecule has 0 heterocycles. The van der Waals surface area contributed by atoms with Gasteiger partial charge >= 0.3 is 0 Å². The van der Waals surface area contributed by atoms with Crippen molar-refractivity contribution < 1.29 is 13.2 Å². The van der Waals surface area contributed by atoms with Gasteiger partial charge in [-0.2, -0.15) is 17.4 Å². The molecule has 0 spiro atoms. The molecule has 0 saturated heterocycles. The van der Waals surface area contributed by atoms with Crippen LogP contribution in [-0.2, 0) is 14.9 Å². The SMILES string of the molecule is CO[C@@H](CNS(=O)(=O)N(C)C)c1cccc(Cl)c1. The molecular weight excluding hydrogens is 276 g/mol. The first-order valence-electron chi connectivity index (χ1n) is 5.32. The maximum absolute atomic E-state index is 11.6. The molecule has 0 unspecified atom stereocenters. The number of hydrogen-bond acceptors (Lipinski definition) is 3. The zero-order valence-electron chi connectivity index (χ0n) is 10.6. The van der Waals surface area contributed by atoms with Crippen LogP contribution >= 0.6 is 11.6 Å². The number of rotatable bonds is 6. The third-order valence-electron chi connectivity index (χ3n) is 2.44. The summed E-state index contributed by atoms with van der Waals surface area (Å²) in [6, 6.07) is 7.13. The molecule has 1 atom stereocenters. The van der Waals surface area contributed by atoms with Crippen molar-refractivity contribution in [3.05, 3.63) is 34.9 Å². The minimum absolute atomic E-state index is 0.150. The van der Waals surface area contributed by atoms with E-state index in [0.717, 1.165) is 9.87 Å². The average Bonchev–Trinajstić information content (AvgIpc) is 2.29. The minimum atomic E-state index is -3.45. The van der Waals surface area contributed by atoms with Crippen LogP contribution in [-0.4, -0.2) is 40.5 Å². The molecule has 7 heteroatoms. The van der Waals surface area contributed by atoms with Gasteiger partial charge in [-0.3, -0.25) is 0 Å². The van der Waals surface area contributed by atoms with Gasteiger partial charge in [-0.25, -0.2) is 0 Å². The van der Waals surface area contributed by atoms with E-state index in [1.54, 1.807) is 18.2 Å². The largest absolute Gasteiger partial charge is 0.375 e. The summed E-state index contributed by atoms with van der Waals surface area (Å²) in [5.41, 5.74) is 0.825. The summed E-state index contributed by atoms with van der Waals surface area (Å²) in [6.07, 6.45) is -0.376. The van der Waals surface area contributed by atoms with Crippen LogP contribution in [0.3, 0.4) is 0 Å². The molecule has 0 radical (unpaired) electrons. The zero-order valence-corrected chi connectivity index (χ0v) is 12.1. The van der Waals surface area contributed by atoms with E-state index in [0.29, 0.717) is 5.02 Å². The van der Waals surface area contributed by atoms with Crippen molar-refractivity contribution in [2.75, 3.05) is 27.7 Å². The van der Waals surface area contributed by atoms with Crippen LogP contribution in [0.15, 0.2) is 24.3 Å². The fourth-order valence-electron chi connectivity index (χ4n) is 1.35. The molecule has 1 rings (SSSR count). The first-order valence-corrected chi connectivity index (χ1v) is 7.14. The molecule has 1 aromatic carbocycles. The number of ether oxygens (including phenoxy) is 1. The number of nitrogens with zero attached hydrogens (tertiary/aromatic N) is 1.